The summed E-state index contributed by atoms with van der Waals surface area (Å²) < 4.78 is 5.42. The fourth-order valence-corrected chi connectivity index (χ4v) is 2.42. The minimum Gasteiger partial charge on any atom is -0.481 e. The summed E-state index contributed by atoms with van der Waals surface area (Å²) >= 11 is 0. The smallest absolute Gasteiger partial charge is 0.312 e. The molecule has 0 saturated heterocycles. The van der Waals surface area contributed by atoms with E-state index in [1.165, 1.54) is 0 Å². The molecule has 0 amide bonds. The number of para-hydroxylation sites is 1. The van der Waals surface area contributed by atoms with Crippen LogP contribution in [0.25, 0.3) is 0 Å². The number of hydrogen-bond donors (Lipinski definition) is 1. The van der Waals surface area contributed by atoms with Gasteiger partial charge in [-0.05, 0) is 31.9 Å². The summed E-state index contributed by atoms with van der Waals surface area (Å²) in [5.74, 6) is -1.16. The van der Waals surface area contributed by atoms with Gasteiger partial charge in [0.1, 0.15) is 5.92 Å². The second-order valence-electron chi connectivity index (χ2n) is 5.61. The maximum Gasteiger partial charge on any atom is 0.312 e. The molecule has 1 N–H and O–H groups in total. The van der Waals surface area contributed by atoms with Crippen LogP contribution in [0.1, 0.15) is 31.7 Å². The molecule has 1 aromatic rings. The fourth-order valence-electron chi connectivity index (χ4n) is 2.42. The summed E-state index contributed by atoms with van der Waals surface area (Å²) in [5.41, 5.74) is 1.78. The van der Waals surface area contributed by atoms with Crippen LogP contribution in [0.15, 0.2) is 24.3 Å². The highest BCUT2D eigenvalue weighted by atomic mass is 16.5. The molecule has 19 heavy (non-hydrogen) atoms. The molecule has 0 fully saturated rings. The number of nitrogens with zero attached hydrogens (tertiary/aromatic N) is 1. The van der Waals surface area contributed by atoms with E-state index in [0.29, 0.717) is 6.54 Å². The van der Waals surface area contributed by atoms with E-state index in [2.05, 4.69) is 4.90 Å². The highest BCUT2D eigenvalue weighted by Gasteiger charge is 2.33. The summed E-state index contributed by atoms with van der Waals surface area (Å²) in [5, 5.41) is 9.30. The first-order valence-corrected chi connectivity index (χ1v) is 6.56. The van der Waals surface area contributed by atoms with Crippen molar-refractivity contribution in [3.63, 3.8) is 0 Å². The molecule has 0 bridgehead atoms. The average Bonchev–Trinajstić information content (AvgIpc) is 2.76. The highest BCUT2D eigenvalue weighted by molar-refractivity contribution is 5.82. The number of aliphatic carboxylic acids is 1. The lowest BCUT2D eigenvalue weighted by molar-refractivity contribution is -0.138. The van der Waals surface area contributed by atoms with Crippen LogP contribution in [0.2, 0.25) is 0 Å². The van der Waals surface area contributed by atoms with E-state index in [9.17, 15) is 9.90 Å². The van der Waals surface area contributed by atoms with E-state index in [1.807, 2.05) is 38.1 Å². The van der Waals surface area contributed by atoms with Crippen molar-refractivity contribution in [2.75, 3.05) is 25.1 Å². The molecule has 1 atom stereocenters. The molecular formula is C15H21NO3. The summed E-state index contributed by atoms with van der Waals surface area (Å²) in [6.45, 7) is 5.45. The molecule has 1 heterocycles. The Hall–Kier alpha value is -1.55. The van der Waals surface area contributed by atoms with Crippen molar-refractivity contribution in [1.29, 1.82) is 0 Å². The maximum atomic E-state index is 11.3. The van der Waals surface area contributed by atoms with Crippen molar-refractivity contribution in [3.8, 4) is 0 Å². The van der Waals surface area contributed by atoms with Crippen LogP contribution in [0, 0.1) is 0 Å². The Morgan fingerprint density at radius 3 is 2.79 bits per heavy atom. The second-order valence-corrected chi connectivity index (χ2v) is 5.61. The molecule has 1 aliphatic heterocycles. The molecule has 4 nitrogen and oxygen atoms in total. The van der Waals surface area contributed by atoms with Crippen molar-refractivity contribution in [2.24, 2.45) is 0 Å². The highest BCUT2D eigenvalue weighted by Crippen LogP contribution is 2.36. The molecule has 0 saturated carbocycles. The molecule has 0 aromatic heterocycles. The van der Waals surface area contributed by atoms with Crippen LogP contribution in [0.3, 0.4) is 0 Å². The second kappa shape index (κ2) is 5.21. The number of anilines is 1. The Labute approximate surface area is 114 Å². The average molecular weight is 263 g/mol. The number of carboxylic acids is 1. The van der Waals surface area contributed by atoms with E-state index in [-0.39, 0.29) is 5.60 Å². The number of rotatable bonds is 5. The molecule has 0 radical (unpaired) electrons. The van der Waals surface area contributed by atoms with Gasteiger partial charge in [0, 0.05) is 25.9 Å². The molecule has 1 aromatic carbocycles. The van der Waals surface area contributed by atoms with E-state index < -0.39 is 11.9 Å². The minimum absolute atomic E-state index is 0.184. The normalized spacial score (nSPS) is 18.5. The fraction of sp³-hybridized carbons (Fsp3) is 0.533. The third kappa shape index (κ3) is 2.89. The quantitative estimate of drug-likeness (QED) is 0.886. The molecule has 0 aliphatic carbocycles. The van der Waals surface area contributed by atoms with Crippen LogP contribution >= 0.6 is 0 Å². The van der Waals surface area contributed by atoms with Crippen molar-refractivity contribution in [2.45, 2.75) is 31.8 Å². The first kappa shape index (κ1) is 13.9. The number of carboxylic acid groups (broad SMARTS) is 1. The van der Waals surface area contributed by atoms with Crippen LogP contribution < -0.4 is 4.90 Å². The molecular weight excluding hydrogens is 242 g/mol. The summed E-state index contributed by atoms with van der Waals surface area (Å²) in [7, 11) is 1.71. The van der Waals surface area contributed by atoms with E-state index >= 15 is 0 Å². The predicted octanol–water partition coefficient (Wildman–Crippen LogP) is 2.49. The van der Waals surface area contributed by atoms with Crippen LogP contribution in [-0.2, 0) is 9.53 Å². The zero-order valence-corrected chi connectivity index (χ0v) is 11.7. The number of methoxy groups -OCH3 is 1. The topological polar surface area (TPSA) is 49.8 Å². The number of hydrogen-bond acceptors (Lipinski definition) is 3. The van der Waals surface area contributed by atoms with Crippen LogP contribution in [-0.4, -0.2) is 36.9 Å². The van der Waals surface area contributed by atoms with Gasteiger partial charge in [0.2, 0.25) is 0 Å². The lowest BCUT2D eigenvalue weighted by Crippen LogP contribution is -2.32. The standard InChI is InChI=1S/C15H21NO3/c1-15(2,19-3)8-9-16-10-12(14(17)18)11-6-4-5-7-13(11)16/h4-7,12H,8-10H2,1-3H3,(H,17,18). The number of carbonyl (C=O) groups is 1. The first-order chi connectivity index (χ1) is 8.94. The van der Waals surface area contributed by atoms with Crippen molar-refractivity contribution in [1.82, 2.24) is 0 Å². The van der Waals surface area contributed by atoms with Crippen LogP contribution in [0.4, 0.5) is 5.69 Å². The predicted molar refractivity (Wildman–Crippen MR) is 74.7 cm³/mol. The maximum absolute atomic E-state index is 11.3. The minimum atomic E-state index is -0.749. The Kier molecular flexibility index (Phi) is 3.80. The summed E-state index contributed by atoms with van der Waals surface area (Å²) in [4.78, 5) is 13.5. The van der Waals surface area contributed by atoms with Gasteiger partial charge >= 0.3 is 5.97 Å². The largest absolute Gasteiger partial charge is 0.481 e. The lowest BCUT2D eigenvalue weighted by atomic mass is 10.0. The van der Waals surface area contributed by atoms with Gasteiger partial charge < -0.3 is 14.7 Å². The molecule has 104 valence electrons. The monoisotopic (exact) mass is 263 g/mol. The molecule has 1 aliphatic rings. The SMILES string of the molecule is COC(C)(C)CCN1CC(C(=O)O)c2ccccc21. The molecule has 4 heteroatoms. The van der Waals surface area contributed by atoms with Gasteiger partial charge in [0.15, 0.2) is 0 Å². The Morgan fingerprint density at radius 2 is 2.16 bits per heavy atom. The Morgan fingerprint density at radius 1 is 1.47 bits per heavy atom. The van der Waals surface area contributed by atoms with Gasteiger partial charge in [0.25, 0.3) is 0 Å². The van der Waals surface area contributed by atoms with Gasteiger partial charge in [-0.1, -0.05) is 18.2 Å². The third-order valence-electron chi connectivity index (χ3n) is 3.89. The zero-order chi connectivity index (χ0) is 14.0. The molecule has 0 spiro atoms. The van der Waals surface area contributed by atoms with Gasteiger partial charge in [-0.15, -0.1) is 0 Å². The first-order valence-electron chi connectivity index (χ1n) is 6.56. The molecule has 2 rings (SSSR count). The number of fused-ring (bicyclic) bond motifs is 1. The van der Waals surface area contributed by atoms with E-state index in [1.54, 1.807) is 7.11 Å². The van der Waals surface area contributed by atoms with Gasteiger partial charge in [-0.25, -0.2) is 0 Å². The zero-order valence-electron chi connectivity index (χ0n) is 11.7. The summed E-state index contributed by atoms with van der Waals surface area (Å²) in [6.07, 6.45) is 0.865. The Balaban J connectivity index is 2.14. The van der Waals surface area contributed by atoms with Crippen molar-refractivity contribution >= 4 is 11.7 Å². The van der Waals surface area contributed by atoms with E-state index in [4.69, 9.17) is 4.74 Å². The van der Waals surface area contributed by atoms with Gasteiger partial charge in [-0.3, -0.25) is 4.79 Å². The lowest BCUT2D eigenvalue weighted by Gasteiger charge is -2.27. The van der Waals surface area contributed by atoms with Crippen LogP contribution in [0.5, 0.6) is 0 Å². The van der Waals surface area contributed by atoms with Gasteiger partial charge in [0.05, 0.1) is 5.60 Å². The van der Waals surface area contributed by atoms with Crippen molar-refractivity contribution in [3.05, 3.63) is 29.8 Å². The Bertz CT molecular complexity index is 470. The van der Waals surface area contributed by atoms with Gasteiger partial charge in [-0.2, -0.15) is 0 Å². The summed E-state index contributed by atoms with van der Waals surface area (Å²) in [6, 6.07) is 7.77. The molecule has 1 unspecified atom stereocenters. The number of ether oxygens (including phenoxy) is 1. The van der Waals surface area contributed by atoms with Crippen molar-refractivity contribution < 1.29 is 14.6 Å². The number of benzene rings is 1. The van der Waals surface area contributed by atoms with E-state index in [0.717, 1.165) is 24.2 Å². The third-order valence-corrected chi connectivity index (χ3v) is 3.89.